The van der Waals surface area contributed by atoms with Crippen molar-refractivity contribution < 1.29 is 4.74 Å². The Hall–Kier alpha value is -0.420. The smallest absolute Gasteiger partial charge is 0.0620 e. The number of hydrazine groups is 1. The first-order valence-corrected chi connectivity index (χ1v) is 6.77. The Balaban J connectivity index is 2.15. The molecule has 4 heteroatoms. The number of aryl methyl sites for hydroxylation is 1. The van der Waals surface area contributed by atoms with Crippen LogP contribution in [0.5, 0.6) is 0 Å². The summed E-state index contributed by atoms with van der Waals surface area (Å²) >= 11 is 1.78. The predicted molar refractivity (Wildman–Crippen MR) is 67.3 cm³/mol. The molecule has 2 rings (SSSR count). The third kappa shape index (κ3) is 2.30. The highest BCUT2D eigenvalue weighted by Crippen LogP contribution is 2.35. The molecule has 1 aliphatic heterocycles. The zero-order valence-electron chi connectivity index (χ0n) is 9.90. The second kappa shape index (κ2) is 5.27. The molecule has 0 bridgehead atoms. The van der Waals surface area contributed by atoms with E-state index in [1.165, 1.54) is 10.4 Å². The van der Waals surface area contributed by atoms with Crippen molar-refractivity contribution in [3.63, 3.8) is 0 Å². The first-order valence-electron chi connectivity index (χ1n) is 5.89. The van der Waals surface area contributed by atoms with E-state index in [-0.39, 0.29) is 6.04 Å². The number of hydrogen-bond acceptors (Lipinski definition) is 4. The molecule has 0 aliphatic carbocycles. The molecule has 0 aromatic carbocycles. The summed E-state index contributed by atoms with van der Waals surface area (Å²) in [6.45, 7) is 5.17. The minimum Gasteiger partial charge on any atom is -0.378 e. The Morgan fingerprint density at radius 1 is 1.69 bits per heavy atom. The molecule has 2 heterocycles. The second-order valence-electron chi connectivity index (χ2n) is 4.41. The van der Waals surface area contributed by atoms with Gasteiger partial charge >= 0.3 is 0 Å². The van der Waals surface area contributed by atoms with Crippen LogP contribution in [0.15, 0.2) is 11.4 Å². The molecule has 0 radical (unpaired) electrons. The van der Waals surface area contributed by atoms with Crippen LogP contribution in [0, 0.1) is 12.8 Å². The average Bonchev–Trinajstić information content (AvgIpc) is 2.89. The third-order valence-corrected chi connectivity index (χ3v) is 4.26. The van der Waals surface area contributed by atoms with Gasteiger partial charge in [0.2, 0.25) is 0 Å². The van der Waals surface area contributed by atoms with E-state index in [2.05, 4.69) is 30.7 Å². The van der Waals surface area contributed by atoms with E-state index in [1.807, 2.05) is 0 Å². The maximum Gasteiger partial charge on any atom is 0.0620 e. The van der Waals surface area contributed by atoms with Gasteiger partial charge in [-0.3, -0.25) is 11.3 Å². The molecule has 0 saturated carbocycles. The van der Waals surface area contributed by atoms with E-state index < -0.39 is 0 Å². The van der Waals surface area contributed by atoms with Crippen LogP contribution in [0.2, 0.25) is 0 Å². The van der Waals surface area contributed by atoms with Crippen LogP contribution < -0.4 is 11.3 Å². The number of nitrogens with one attached hydrogen (secondary N) is 1. The molecule has 1 aromatic rings. The summed E-state index contributed by atoms with van der Waals surface area (Å²) in [4.78, 5) is 1.34. The fraction of sp³-hybridized carbons (Fsp3) is 0.667. The summed E-state index contributed by atoms with van der Waals surface area (Å²) in [6, 6.07) is 2.46. The van der Waals surface area contributed by atoms with Crippen molar-refractivity contribution in [3.8, 4) is 0 Å². The van der Waals surface area contributed by atoms with Gasteiger partial charge in [0.05, 0.1) is 12.1 Å². The van der Waals surface area contributed by atoms with Crippen LogP contribution >= 0.6 is 11.3 Å². The highest BCUT2D eigenvalue weighted by Gasteiger charge is 2.34. The molecular formula is C12H20N2OS. The Morgan fingerprint density at radius 2 is 2.50 bits per heavy atom. The molecule has 3 N–H and O–H groups in total. The van der Waals surface area contributed by atoms with Crippen molar-refractivity contribution in [2.45, 2.75) is 38.8 Å². The number of hydrogen-bond donors (Lipinski definition) is 2. The van der Waals surface area contributed by atoms with E-state index in [9.17, 15) is 0 Å². The fourth-order valence-corrected chi connectivity index (χ4v) is 3.30. The highest BCUT2D eigenvalue weighted by atomic mass is 32.1. The molecule has 1 aliphatic rings. The number of ether oxygens (including phenoxy) is 1. The predicted octanol–water partition coefficient (Wildman–Crippen LogP) is 2.38. The molecular weight excluding hydrogens is 220 g/mol. The largest absolute Gasteiger partial charge is 0.378 e. The first-order chi connectivity index (χ1) is 7.76. The van der Waals surface area contributed by atoms with Crippen molar-refractivity contribution in [1.82, 2.24) is 5.43 Å². The molecule has 90 valence electrons. The Morgan fingerprint density at radius 3 is 3.06 bits per heavy atom. The molecule has 3 nitrogen and oxygen atoms in total. The molecule has 16 heavy (non-hydrogen) atoms. The minimum absolute atomic E-state index is 0.234. The summed E-state index contributed by atoms with van der Waals surface area (Å²) in [6.07, 6.45) is 2.51. The van der Waals surface area contributed by atoms with Gasteiger partial charge in [0.25, 0.3) is 0 Å². The van der Waals surface area contributed by atoms with Crippen LogP contribution in [-0.4, -0.2) is 12.7 Å². The van der Waals surface area contributed by atoms with Crippen molar-refractivity contribution in [1.29, 1.82) is 0 Å². The normalized spacial score (nSPS) is 27.2. The minimum atomic E-state index is 0.234. The van der Waals surface area contributed by atoms with Crippen LogP contribution in [0.1, 0.15) is 36.2 Å². The summed E-state index contributed by atoms with van der Waals surface area (Å²) in [5, 5.41) is 2.20. The quantitative estimate of drug-likeness (QED) is 0.627. The molecule has 0 spiro atoms. The van der Waals surface area contributed by atoms with E-state index in [4.69, 9.17) is 10.6 Å². The second-order valence-corrected chi connectivity index (χ2v) is 5.52. The lowest BCUT2D eigenvalue weighted by molar-refractivity contribution is 0.0774. The highest BCUT2D eigenvalue weighted by molar-refractivity contribution is 7.10. The summed E-state index contributed by atoms with van der Waals surface area (Å²) < 4.78 is 5.73. The van der Waals surface area contributed by atoms with E-state index >= 15 is 0 Å². The lowest BCUT2D eigenvalue weighted by Crippen LogP contribution is -2.36. The maximum atomic E-state index is 5.73. The number of thiophene rings is 1. The third-order valence-electron chi connectivity index (χ3n) is 3.38. The summed E-state index contributed by atoms with van der Waals surface area (Å²) in [5.74, 6) is 6.21. The van der Waals surface area contributed by atoms with Crippen LogP contribution in [0.25, 0.3) is 0 Å². The average molecular weight is 240 g/mol. The Bertz CT molecular complexity index is 340. The SMILES string of the molecule is CCC1OCCC1C(NN)c1csc(C)c1. The van der Waals surface area contributed by atoms with Gasteiger partial charge in [-0.25, -0.2) is 0 Å². The molecule has 1 fully saturated rings. The summed E-state index contributed by atoms with van der Waals surface area (Å²) in [7, 11) is 0. The van der Waals surface area contributed by atoms with Crippen molar-refractivity contribution >= 4 is 11.3 Å². The topological polar surface area (TPSA) is 47.3 Å². The number of nitrogens with two attached hydrogens (primary N) is 1. The molecule has 3 unspecified atom stereocenters. The van der Waals surface area contributed by atoms with E-state index in [0.717, 1.165) is 19.4 Å². The zero-order valence-corrected chi connectivity index (χ0v) is 10.7. The zero-order chi connectivity index (χ0) is 11.5. The van der Waals surface area contributed by atoms with Gasteiger partial charge in [-0.2, -0.15) is 0 Å². The lowest BCUT2D eigenvalue weighted by Gasteiger charge is -2.25. The van der Waals surface area contributed by atoms with Gasteiger partial charge in [-0.05, 0) is 36.8 Å². The van der Waals surface area contributed by atoms with Gasteiger partial charge in [0, 0.05) is 17.4 Å². The van der Waals surface area contributed by atoms with Gasteiger partial charge in [-0.1, -0.05) is 6.92 Å². The molecule has 1 saturated heterocycles. The standard InChI is InChI=1S/C12H20N2OS/c1-3-11-10(4-5-15-11)12(14-13)9-6-8(2)16-7-9/h6-7,10-12,14H,3-5,13H2,1-2H3. The van der Waals surface area contributed by atoms with Crippen LogP contribution in [-0.2, 0) is 4.74 Å². The lowest BCUT2D eigenvalue weighted by atomic mass is 9.88. The molecule has 3 atom stereocenters. The van der Waals surface area contributed by atoms with Crippen molar-refractivity contribution in [3.05, 3.63) is 21.9 Å². The molecule has 1 aromatic heterocycles. The fourth-order valence-electron chi connectivity index (χ4n) is 2.56. The van der Waals surface area contributed by atoms with Crippen molar-refractivity contribution in [2.24, 2.45) is 11.8 Å². The molecule has 0 amide bonds. The van der Waals surface area contributed by atoms with E-state index in [1.54, 1.807) is 11.3 Å². The van der Waals surface area contributed by atoms with Crippen LogP contribution in [0.3, 0.4) is 0 Å². The van der Waals surface area contributed by atoms with Gasteiger partial charge in [-0.15, -0.1) is 11.3 Å². The summed E-state index contributed by atoms with van der Waals surface area (Å²) in [5.41, 5.74) is 4.27. The van der Waals surface area contributed by atoms with E-state index in [0.29, 0.717) is 12.0 Å². The Kier molecular flexibility index (Phi) is 3.97. The first kappa shape index (κ1) is 12.0. The van der Waals surface area contributed by atoms with Crippen LogP contribution in [0.4, 0.5) is 0 Å². The Labute approximate surface area is 101 Å². The maximum absolute atomic E-state index is 5.73. The monoisotopic (exact) mass is 240 g/mol. The number of rotatable bonds is 4. The van der Waals surface area contributed by atoms with Gasteiger partial charge in [0.15, 0.2) is 0 Å². The van der Waals surface area contributed by atoms with Crippen molar-refractivity contribution in [2.75, 3.05) is 6.61 Å². The van der Waals surface area contributed by atoms with Gasteiger partial charge < -0.3 is 4.74 Å². The van der Waals surface area contributed by atoms with Gasteiger partial charge in [0.1, 0.15) is 0 Å².